The molecule has 2 heterocycles. The van der Waals surface area contributed by atoms with Crippen molar-refractivity contribution in [2.45, 2.75) is 96.0 Å². The highest BCUT2D eigenvalue weighted by Gasteiger charge is 2.55. The average molecular weight is 294 g/mol. The molecule has 0 aromatic carbocycles. The largest absolute Gasteiger partial charge is 0.381 e. The Morgan fingerprint density at radius 2 is 1.81 bits per heavy atom. The van der Waals surface area contributed by atoms with Crippen molar-refractivity contribution in [3.8, 4) is 0 Å². The zero-order chi connectivity index (χ0) is 15.0. The molecule has 3 heteroatoms. The van der Waals surface area contributed by atoms with Crippen LogP contribution in [-0.4, -0.2) is 48.8 Å². The van der Waals surface area contributed by atoms with Crippen molar-refractivity contribution in [2.24, 2.45) is 5.41 Å². The summed E-state index contributed by atoms with van der Waals surface area (Å²) in [6.07, 6.45) is 9.92. The summed E-state index contributed by atoms with van der Waals surface area (Å²) in [6, 6.07) is 3.13. The SMILES string of the molecule is CCCNC1CC2CCCC(C1)N2C1CC(OC)C1(C)C. The first kappa shape index (κ1) is 15.8. The summed E-state index contributed by atoms with van der Waals surface area (Å²) in [4.78, 5) is 2.92. The molecule has 0 aromatic heterocycles. The predicted molar refractivity (Wildman–Crippen MR) is 87.6 cm³/mol. The maximum atomic E-state index is 5.68. The highest BCUT2D eigenvalue weighted by Crippen LogP contribution is 2.50. The van der Waals surface area contributed by atoms with Gasteiger partial charge in [0.1, 0.15) is 0 Å². The standard InChI is InChI=1S/C18H34N2O/c1-5-9-19-13-10-14-7-6-8-15(11-13)20(14)16-12-17(21-4)18(16,2)3/h13-17,19H,5-12H2,1-4H3. The van der Waals surface area contributed by atoms with Crippen LogP contribution in [0.4, 0.5) is 0 Å². The van der Waals surface area contributed by atoms with Crippen molar-refractivity contribution >= 4 is 0 Å². The summed E-state index contributed by atoms with van der Waals surface area (Å²) in [5.74, 6) is 0. The van der Waals surface area contributed by atoms with Crippen molar-refractivity contribution in [2.75, 3.05) is 13.7 Å². The molecule has 0 amide bonds. The fraction of sp³-hybridized carbons (Fsp3) is 1.00. The molecule has 1 aliphatic carbocycles. The molecule has 3 aliphatic rings. The molecule has 4 atom stereocenters. The minimum atomic E-state index is 0.326. The number of hydrogen-bond acceptors (Lipinski definition) is 3. The number of rotatable bonds is 5. The number of nitrogens with one attached hydrogen (secondary N) is 1. The molecule has 3 nitrogen and oxygen atoms in total. The summed E-state index contributed by atoms with van der Waals surface area (Å²) < 4.78 is 5.68. The molecule has 21 heavy (non-hydrogen) atoms. The number of ether oxygens (including phenoxy) is 1. The van der Waals surface area contributed by atoms with E-state index in [4.69, 9.17) is 4.74 Å². The van der Waals surface area contributed by atoms with Crippen molar-refractivity contribution in [1.29, 1.82) is 0 Å². The molecule has 2 saturated heterocycles. The normalized spacial score (nSPS) is 42.6. The van der Waals surface area contributed by atoms with E-state index in [-0.39, 0.29) is 0 Å². The van der Waals surface area contributed by atoms with Crippen LogP contribution in [0, 0.1) is 5.41 Å². The summed E-state index contributed by atoms with van der Waals surface area (Å²) in [5, 5.41) is 3.78. The second-order valence-corrected chi connectivity index (χ2v) is 8.11. The van der Waals surface area contributed by atoms with E-state index in [2.05, 4.69) is 31.0 Å². The quantitative estimate of drug-likeness (QED) is 0.843. The molecule has 122 valence electrons. The van der Waals surface area contributed by atoms with Crippen LogP contribution in [0.15, 0.2) is 0 Å². The fourth-order valence-corrected chi connectivity index (χ4v) is 5.21. The summed E-state index contributed by atoms with van der Waals surface area (Å²) in [6.45, 7) is 8.27. The molecule has 1 N–H and O–H groups in total. The van der Waals surface area contributed by atoms with Gasteiger partial charge in [0.25, 0.3) is 0 Å². The summed E-state index contributed by atoms with van der Waals surface area (Å²) in [7, 11) is 1.88. The fourth-order valence-electron chi connectivity index (χ4n) is 5.21. The average Bonchev–Trinajstić information content (AvgIpc) is 2.44. The van der Waals surface area contributed by atoms with Gasteiger partial charge in [0.2, 0.25) is 0 Å². The van der Waals surface area contributed by atoms with E-state index >= 15 is 0 Å². The van der Waals surface area contributed by atoms with Gasteiger partial charge in [0.15, 0.2) is 0 Å². The Labute approximate surface area is 130 Å². The van der Waals surface area contributed by atoms with Crippen LogP contribution in [0.25, 0.3) is 0 Å². The number of piperidine rings is 2. The van der Waals surface area contributed by atoms with Crippen molar-refractivity contribution in [1.82, 2.24) is 10.2 Å². The molecule has 0 spiro atoms. The van der Waals surface area contributed by atoms with Crippen LogP contribution >= 0.6 is 0 Å². The van der Waals surface area contributed by atoms with E-state index in [1.54, 1.807) is 0 Å². The Morgan fingerprint density at radius 3 is 2.33 bits per heavy atom. The van der Waals surface area contributed by atoms with E-state index < -0.39 is 0 Å². The highest BCUT2D eigenvalue weighted by atomic mass is 16.5. The molecule has 3 fully saturated rings. The van der Waals surface area contributed by atoms with E-state index in [1.807, 2.05) is 7.11 Å². The first-order valence-corrected chi connectivity index (χ1v) is 9.11. The van der Waals surface area contributed by atoms with Crippen molar-refractivity contribution in [3.05, 3.63) is 0 Å². The first-order valence-electron chi connectivity index (χ1n) is 9.11. The lowest BCUT2D eigenvalue weighted by atomic mass is 9.61. The molecule has 0 radical (unpaired) electrons. The molecule has 4 unspecified atom stereocenters. The Bertz CT molecular complexity index is 343. The number of hydrogen-bond donors (Lipinski definition) is 1. The van der Waals surface area contributed by atoms with E-state index in [1.165, 1.54) is 51.5 Å². The number of methoxy groups -OCH3 is 1. The molecule has 0 aromatic rings. The minimum Gasteiger partial charge on any atom is -0.381 e. The third-order valence-corrected chi connectivity index (χ3v) is 6.48. The minimum absolute atomic E-state index is 0.326. The third-order valence-electron chi connectivity index (χ3n) is 6.48. The van der Waals surface area contributed by atoms with Crippen molar-refractivity contribution < 1.29 is 4.74 Å². The predicted octanol–water partition coefficient (Wildman–Crippen LogP) is 3.19. The van der Waals surface area contributed by atoms with Gasteiger partial charge >= 0.3 is 0 Å². The number of nitrogens with zero attached hydrogens (tertiary/aromatic N) is 1. The molecular weight excluding hydrogens is 260 g/mol. The maximum Gasteiger partial charge on any atom is 0.0652 e. The van der Waals surface area contributed by atoms with Gasteiger partial charge in [0, 0.05) is 36.7 Å². The lowest BCUT2D eigenvalue weighted by Gasteiger charge is -2.62. The van der Waals surface area contributed by atoms with Crippen LogP contribution in [0.3, 0.4) is 0 Å². The van der Waals surface area contributed by atoms with Gasteiger partial charge in [-0.15, -0.1) is 0 Å². The van der Waals surface area contributed by atoms with Gasteiger partial charge in [-0.2, -0.15) is 0 Å². The topological polar surface area (TPSA) is 24.5 Å². The van der Waals surface area contributed by atoms with E-state index in [0.717, 1.165) is 24.2 Å². The molecule has 2 bridgehead atoms. The van der Waals surface area contributed by atoms with Crippen molar-refractivity contribution in [3.63, 3.8) is 0 Å². The van der Waals surface area contributed by atoms with Gasteiger partial charge in [-0.25, -0.2) is 0 Å². The van der Waals surface area contributed by atoms with Crippen LogP contribution < -0.4 is 5.32 Å². The molecule has 2 aliphatic heterocycles. The summed E-state index contributed by atoms with van der Waals surface area (Å²) >= 11 is 0. The number of fused-ring (bicyclic) bond motifs is 2. The third kappa shape index (κ3) is 2.77. The zero-order valence-electron chi connectivity index (χ0n) is 14.4. The Hall–Kier alpha value is -0.120. The van der Waals surface area contributed by atoms with E-state index in [0.29, 0.717) is 11.5 Å². The zero-order valence-corrected chi connectivity index (χ0v) is 14.4. The molecule has 1 saturated carbocycles. The lowest BCUT2D eigenvalue weighted by molar-refractivity contribution is -0.173. The van der Waals surface area contributed by atoms with Gasteiger partial charge in [-0.05, 0) is 45.1 Å². The highest BCUT2D eigenvalue weighted by molar-refractivity contribution is 5.09. The van der Waals surface area contributed by atoms with Gasteiger partial charge in [-0.1, -0.05) is 27.2 Å². The molecule has 3 rings (SSSR count). The monoisotopic (exact) mass is 294 g/mol. The van der Waals surface area contributed by atoms with Crippen LogP contribution in [-0.2, 0) is 4.74 Å². The smallest absolute Gasteiger partial charge is 0.0652 e. The Balaban J connectivity index is 1.67. The van der Waals surface area contributed by atoms with Crippen LogP contribution in [0.1, 0.15) is 65.7 Å². The van der Waals surface area contributed by atoms with Gasteiger partial charge in [-0.3, -0.25) is 4.90 Å². The van der Waals surface area contributed by atoms with Gasteiger partial charge in [0.05, 0.1) is 6.10 Å². The van der Waals surface area contributed by atoms with E-state index in [9.17, 15) is 0 Å². The van der Waals surface area contributed by atoms with Gasteiger partial charge < -0.3 is 10.1 Å². The van der Waals surface area contributed by atoms with Crippen LogP contribution in [0.5, 0.6) is 0 Å². The first-order chi connectivity index (χ1) is 10.1. The lowest BCUT2D eigenvalue weighted by Crippen LogP contribution is -2.69. The maximum absolute atomic E-state index is 5.68. The summed E-state index contributed by atoms with van der Waals surface area (Å²) in [5.41, 5.74) is 0.326. The molecular formula is C18H34N2O. The second kappa shape index (κ2) is 6.17. The Kier molecular flexibility index (Phi) is 4.63. The Morgan fingerprint density at radius 1 is 1.14 bits per heavy atom. The van der Waals surface area contributed by atoms with Crippen LogP contribution in [0.2, 0.25) is 0 Å². The second-order valence-electron chi connectivity index (χ2n) is 8.11.